The molecule has 2 aliphatic rings. The second kappa shape index (κ2) is 7.78. The van der Waals surface area contributed by atoms with Crippen LogP contribution in [0.25, 0.3) is 11.0 Å². The molecular weight excluding hydrogens is 378 g/mol. The maximum atomic E-state index is 13.4. The third kappa shape index (κ3) is 3.68. The van der Waals surface area contributed by atoms with Gasteiger partial charge in [0, 0.05) is 30.0 Å². The third-order valence-corrected chi connectivity index (χ3v) is 6.47. The van der Waals surface area contributed by atoms with Gasteiger partial charge in [0.25, 0.3) is 5.91 Å². The van der Waals surface area contributed by atoms with Crippen LogP contribution in [0.5, 0.6) is 0 Å². The summed E-state index contributed by atoms with van der Waals surface area (Å²) in [6.07, 6.45) is 9.86. The zero-order valence-electron chi connectivity index (χ0n) is 17.5. The molecule has 0 atom stereocenters. The molecule has 3 aromatic rings. The molecule has 2 aromatic heterocycles. The van der Waals surface area contributed by atoms with Gasteiger partial charge in [0.2, 0.25) is 0 Å². The molecule has 2 saturated carbocycles. The molecule has 7 heteroatoms. The molecule has 30 heavy (non-hydrogen) atoms. The van der Waals surface area contributed by atoms with E-state index in [0.29, 0.717) is 18.0 Å². The van der Waals surface area contributed by atoms with Crippen LogP contribution < -0.4 is 11.0 Å². The molecule has 0 aliphatic heterocycles. The van der Waals surface area contributed by atoms with E-state index >= 15 is 0 Å². The maximum absolute atomic E-state index is 13.4. The Hall–Kier alpha value is -2.83. The summed E-state index contributed by atoms with van der Waals surface area (Å²) in [5.41, 5.74) is 3.49. The first kappa shape index (κ1) is 19.2. The number of H-pyrrole nitrogens is 1. The van der Waals surface area contributed by atoms with Crippen LogP contribution in [0, 0.1) is 12.8 Å². The summed E-state index contributed by atoms with van der Waals surface area (Å²) < 4.78 is 3.92. The molecule has 0 saturated heterocycles. The van der Waals surface area contributed by atoms with Crippen molar-refractivity contribution in [1.29, 1.82) is 0 Å². The molecule has 158 valence electrons. The van der Waals surface area contributed by atoms with Gasteiger partial charge in [0.15, 0.2) is 0 Å². The highest BCUT2D eigenvalue weighted by Gasteiger charge is 2.27. The van der Waals surface area contributed by atoms with Crippen molar-refractivity contribution in [1.82, 2.24) is 24.4 Å². The molecule has 2 N–H and O–H groups in total. The molecule has 2 heterocycles. The molecule has 2 aliphatic carbocycles. The summed E-state index contributed by atoms with van der Waals surface area (Å²) in [5.74, 6) is 1.17. The Morgan fingerprint density at radius 1 is 1.17 bits per heavy atom. The number of imidazole rings is 2. The summed E-state index contributed by atoms with van der Waals surface area (Å²) >= 11 is 0. The van der Waals surface area contributed by atoms with Gasteiger partial charge in [-0.2, -0.15) is 0 Å². The van der Waals surface area contributed by atoms with Gasteiger partial charge in [0.05, 0.1) is 17.6 Å². The minimum Gasteiger partial charge on any atom is -0.345 e. The number of aryl methyl sites for hydroxylation is 1. The van der Waals surface area contributed by atoms with Crippen LogP contribution in [0.3, 0.4) is 0 Å². The summed E-state index contributed by atoms with van der Waals surface area (Å²) in [7, 11) is 0. The second-order valence-corrected chi connectivity index (χ2v) is 8.90. The van der Waals surface area contributed by atoms with Gasteiger partial charge >= 0.3 is 5.69 Å². The summed E-state index contributed by atoms with van der Waals surface area (Å²) in [5, 5.41) is 2.92. The van der Waals surface area contributed by atoms with E-state index < -0.39 is 0 Å². The first-order valence-corrected chi connectivity index (χ1v) is 11.1. The van der Waals surface area contributed by atoms with Crippen LogP contribution in [0.4, 0.5) is 0 Å². The number of carbonyl (C=O) groups is 1. The number of hydrogen-bond acceptors (Lipinski definition) is 3. The van der Waals surface area contributed by atoms with Crippen molar-refractivity contribution in [2.75, 3.05) is 0 Å². The Morgan fingerprint density at radius 3 is 2.67 bits per heavy atom. The van der Waals surface area contributed by atoms with Gasteiger partial charge in [-0.15, -0.1) is 0 Å². The van der Waals surface area contributed by atoms with Gasteiger partial charge in [-0.3, -0.25) is 13.9 Å². The van der Waals surface area contributed by atoms with Gasteiger partial charge in [0.1, 0.15) is 5.82 Å². The van der Waals surface area contributed by atoms with Crippen LogP contribution in [0.2, 0.25) is 0 Å². The van der Waals surface area contributed by atoms with Crippen LogP contribution in [0.1, 0.15) is 72.9 Å². The monoisotopic (exact) mass is 407 g/mol. The van der Waals surface area contributed by atoms with E-state index in [4.69, 9.17) is 0 Å². The number of rotatable bonds is 6. The summed E-state index contributed by atoms with van der Waals surface area (Å²) in [6.45, 7) is 3.04. The lowest BCUT2D eigenvalue weighted by Crippen LogP contribution is -2.29. The van der Waals surface area contributed by atoms with Crippen molar-refractivity contribution in [2.45, 2.75) is 71.0 Å². The van der Waals surface area contributed by atoms with E-state index in [-0.39, 0.29) is 17.6 Å². The van der Waals surface area contributed by atoms with E-state index in [0.717, 1.165) is 41.9 Å². The molecule has 5 rings (SSSR count). The Morgan fingerprint density at radius 2 is 1.97 bits per heavy atom. The van der Waals surface area contributed by atoms with Crippen molar-refractivity contribution in [3.05, 3.63) is 52.0 Å². The van der Waals surface area contributed by atoms with Crippen molar-refractivity contribution in [3.63, 3.8) is 0 Å². The fraction of sp³-hybridized carbons (Fsp3) is 0.522. The Bertz CT molecular complexity index is 1130. The zero-order valence-corrected chi connectivity index (χ0v) is 17.5. The first-order chi connectivity index (χ1) is 14.6. The number of benzene rings is 1. The van der Waals surface area contributed by atoms with E-state index in [2.05, 4.69) is 15.3 Å². The first-order valence-electron chi connectivity index (χ1n) is 11.1. The van der Waals surface area contributed by atoms with E-state index in [1.165, 1.54) is 32.1 Å². The van der Waals surface area contributed by atoms with Gasteiger partial charge in [-0.05, 0) is 56.7 Å². The normalized spacial score (nSPS) is 17.5. The third-order valence-electron chi connectivity index (χ3n) is 6.47. The minimum absolute atomic E-state index is 0.0902. The van der Waals surface area contributed by atoms with Crippen LogP contribution >= 0.6 is 0 Å². The number of nitrogens with zero attached hydrogens (tertiary/aromatic N) is 3. The molecule has 0 unspecified atom stereocenters. The summed E-state index contributed by atoms with van der Waals surface area (Å²) in [4.78, 5) is 33.5. The standard InChI is InChI=1S/C23H29N5O2/c1-15-12-24-21(26-15)13-25-22(29)17-9-10-19-20(11-17)27(14-16-7-8-16)23(30)28(19)18-5-3-2-4-6-18/h9-12,16,18H,2-8,13-14H2,1H3,(H,24,26)(H,25,29). The lowest BCUT2D eigenvalue weighted by molar-refractivity contribution is 0.0950. The highest BCUT2D eigenvalue weighted by atomic mass is 16.2. The smallest absolute Gasteiger partial charge is 0.329 e. The number of hydrogen-bond donors (Lipinski definition) is 2. The topological polar surface area (TPSA) is 84.7 Å². The summed E-state index contributed by atoms with van der Waals surface area (Å²) in [6, 6.07) is 5.96. The number of aromatic nitrogens is 4. The van der Waals surface area contributed by atoms with Crippen LogP contribution in [-0.2, 0) is 13.1 Å². The minimum atomic E-state index is -0.151. The Balaban J connectivity index is 1.47. The highest BCUT2D eigenvalue weighted by Crippen LogP contribution is 2.33. The molecule has 0 bridgehead atoms. The lowest BCUT2D eigenvalue weighted by atomic mass is 9.95. The van der Waals surface area contributed by atoms with Crippen molar-refractivity contribution in [2.24, 2.45) is 5.92 Å². The molecular formula is C23H29N5O2. The number of aromatic amines is 1. The van der Waals surface area contributed by atoms with Gasteiger partial charge < -0.3 is 10.3 Å². The average Bonchev–Trinajstić information content (AvgIpc) is 3.43. The average molecular weight is 408 g/mol. The van der Waals surface area contributed by atoms with Crippen LogP contribution in [0.15, 0.2) is 29.2 Å². The maximum Gasteiger partial charge on any atom is 0.329 e. The number of carbonyl (C=O) groups excluding carboxylic acids is 1. The highest BCUT2D eigenvalue weighted by molar-refractivity contribution is 5.97. The van der Waals surface area contributed by atoms with Crippen molar-refractivity contribution >= 4 is 16.9 Å². The molecule has 0 radical (unpaired) electrons. The van der Waals surface area contributed by atoms with E-state index in [9.17, 15) is 9.59 Å². The number of amides is 1. The molecule has 7 nitrogen and oxygen atoms in total. The Kier molecular flexibility index (Phi) is 4.97. The predicted molar refractivity (Wildman–Crippen MR) is 116 cm³/mol. The fourth-order valence-corrected chi connectivity index (χ4v) is 4.67. The number of fused-ring (bicyclic) bond motifs is 1. The SMILES string of the molecule is Cc1cnc(CNC(=O)c2ccc3c(c2)n(CC2CC2)c(=O)n3C2CCCCC2)[nH]1. The van der Waals surface area contributed by atoms with E-state index in [1.54, 1.807) is 6.20 Å². The van der Waals surface area contributed by atoms with Crippen LogP contribution in [-0.4, -0.2) is 25.0 Å². The Labute approximate surface area is 175 Å². The van der Waals surface area contributed by atoms with Gasteiger partial charge in [-0.1, -0.05) is 19.3 Å². The predicted octanol–water partition coefficient (Wildman–Crippen LogP) is 3.68. The molecule has 2 fully saturated rings. The molecule has 1 amide bonds. The fourth-order valence-electron chi connectivity index (χ4n) is 4.67. The van der Waals surface area contributed by atoms with Crippen molar-refractivity contribution in [3.8, 4) is 0 Å². The molecule has 0 spiro atoms. The lowest BCUT2D eigenvalue weighted by Gasteiger charge is -2.23. The van der Waals surface area contributed by atoms with Crippen molar-refractivity contribution < 1.29 is 4.79 Å². The largest absolute Gasteiger partial charge is 0.345 e. The molecule has 1 aromatic carbocycles. The quantitative estimate of drug-likeness (QED) is 0.654. The van der Waals surface area contributed by atoms with Gasteiger partial charge in [-0.25, -0.2) is 9.78 Å². The second-order valence-electron chi connectivity index (χ2n) is 8.90. The zero-order chi connectivity index (χ0) is 20.7. The van der Waals surface area contributed by atoms with E-state index in [1.807, 2.05) is 34.3 Å². The number of nitrogens with one attached hydrogen (secondary N) is 2.